The second kappa shape index (κ2) is 8.36. The molecule has 0 saturated heterocycles. The van der Waals surface area contributed by atoms with Gasteiger partial charge in [0.1, 0.15) is 12.4 Å². The van der Waals surface area contributed by atoms with Gasteiger partial charge in [-0.1, -0.05) is 54.6 Å². The van der Waals surface area contributed by atoms with E-state index in [1.807, 2.05) is 42.5 Å². The zero-order valence-corrected chi connectivity index (χ0v) is 17.1. The third-order valence-corrected chi connectivity index (χ3v) is 5.21. The zero-order valence-electron chi connectivity index (χ0n) is 17.1. The summed E-state index contributed by atoms with van der Waals surface area (Å²) in [6, 6.07) is 26.7. The number of aromatic amines is 1. The van der Waals surface area contributed by atoms with Crippen molar-refractivity contribution in [2.24, 2.45) is 0 Å². The highest BCUT2D eigenvalue weighted by Gasteiger charge is 2.07. The molecule has 3 aromatic carbocycles. The summed E-state index contributed by atoms with van der Waals surface area (Å²) in [4.78, 5) is 4.68. The van der Waals surface area contributed by atoms with E-state index in [1.165, 1.54) is 11.1 Å². The molecule has 2 heterocycles. The van der Waals surface area contributed by atoms with Crippen LogP contribution >= 0.6 is 0 Å². The van der Waals surface area contributed by atoms with Crippen LogP contribution in [0.2, 0.25) is 0 Å². The fourth-order valence-electron chi connectivity index (χ4n) is 3.66. The van der Waals surface area contributed by atoms with Crippen LogP contribution < -0.4 is 4.74 Å². The molecule has 152 valence electrons. The Bertz CT molecular complexity index is 1330. The number of nitrogens with zero attached hydrogens (tertiary/aromatic N) is 4. The smallest absolute Gasteiger partial charge is 0.204 e. The number of benzene rings is 3. The number of rotatable bonds is 6. The maximum Gasteiger partial charge on any atom is 0.204 e. The maximum absolute atomic E-state index is 6.06. The van der Waals surface area contributed by atoms with Crippen LogP contribution in [0.1, 0.15) is 22.4 Å². The van der Waals surface area contributed by atoms with E-state index in [2.05, 4.69) is 68.9 Å². The first-order valence-electron chi connectivity index (χ1n) is 10.1. The number of H-pyrrole nitrogens is 1. The third kappa shape index (κ3) is 4.28. The number of pyridine rings is 1. The fraction of sp³-hybridized carbons (Fsp3) is 0.120. The molecule has 0 spiro atoms. The Balaban J connectivity index is 1.28. The van der Waals surface area contributed by atoms with Crippen LogP contribution in [0.4, 0.5) is 0 Å². The molecule has 31 heavy (non-hydrogen) atoms. The standard InChI is InChI=1S/C25H21N5O/c1-17-13-19(14-18-5-4-7-21(15-18)25-27-29-30-28-25)9-12-24(17)31-16-22-11-10-20-6-2-3-8-23(20)26-22/h2-13,15H,14,16H2,1H3,(H,27,28,29,30). The predicted octanol–water partition coefficient (Wildman–Crippen LogP) is 4.89. The van der Waals surface area contributed by atoms with Crippen LogP contribution in [0.5, 0.6) is 5.75 Å². The van der Waals surface area contributed by atoms with Crippen molar-refractivity contribution in [2.75, 3.05) is 0 Å². The van der Waals surface area contributed by atoms with Gasteiger partial charge >= 0.3 is 0 Å². The molecule has 1 N–H and O–H groups in total. The minimum atomic E-state index is 0.442. The average molecular weight is 407 g/mol. The number of para-hydroxylation sites is 1. The van der Waals surface area contributed by atoms with Crippen LogP contribution in [0.25, 0.3) is 22.3 Å². The normalized spacial score (nSPS) is 11.0. The van der Waals surface area contributed by atoms with Gasteiger partial charge in [-0.15, -0.1) is 10.2 Å². The molecule has 6 heteroatoms. The number of nitrogens with one attached hydrogen (secondary N) is 1. The molecule has 0 aliphatic carbocycles. The van der Waals surface area contributed by atoms with Crippen molar-refractivity contribution in [2.45, 2.75) is 20.0 Å². The molecule has 0 atom stereocenters. The number of aryl methyl sites for hydroxylation is 1. The summed E-state index contributed by atoms with van der Waals surface area (Å²) < 4.78 is 6.06. The highest BCUT2D eigenvalue weighted by atomic mass is 16.5. The predicted molar refractivity (Wildman–Crippen MR) is 120 cm³/mol. The SMILES string of the molecule is Cc1cc(Cc2cccc(-c3nn[nH]n3)c2)ccc1OCc1ccc2ccccc2n1. The van der Waals surface area contributed by atoms with Crippen LogP contribution in [0, 0.1) is 6.92 Å². The fourth-order valence-corrected chi connectivity index (χ4v) is 3.66. The van der Waals surface area contributed by atoms with Crippen LogP contribution in [-0.4, -0.2) is 25.6 Å². The van der Waals surface area contributed by atoms with Crippen molar-refractivity contribution >= 4 is 10.9 Å². The van der Waals surface area contributed by atoms with E-state index < -0.39 is 0 Å². The number of tetrazole rings is 1. The summed E-state index contributed by atoms with van der Waals surface area (Å²) in [5.74, 6) is 1.48. The van der Waals surface area contributed by atoms with Gasteiger partial charge in [-0.25, -0.2) is 4.98 Å². The minimum Gasteiger partial charge on any atom is -0.487 e. The number of ether oxygens (including phenoxy) is 1. The highest BCUT2D eigenvalue weighted by Crippen LogP contribution is 2.23. The van der Waals surface area contributed by atoms with E-state index in [1.54, 1.807) is 0 Å². The van der Waals surface area contributed by atoms with Crippen molar-refractivity contribution in [1.82, 2.24) is 25.6 Å². The first kappa shape index (κ1) is 18.9. The number of aromatic nitrogens is 5. The molecular weight excluding hydrogens is 386 g/mol. The molecule has 0 aliphatic rings. The van der Waals surface area contributed by atoms with Gasteiger partial charge in [0.05, 0.1) is 11.2 Å². The van der Waals surface area contributed by atoms with Gasteiger partial charge < -0.3 is 4.74 Å². The van der Waals surface area contributed by atoms with Gasteiger partial charge in [-0.3, -0.25) is 0 Å². The molecule has 5 aromatic rings. The van der Waals surface area contributed by atoms with Gasteiger partial charge in [0, 0.05) is 10.9 Å². The molecule has 0 bridgehead atoms. The summed E-state index contributed by atoms with van der Waals surface area (Å²) in [7, 11) is 0. The molecular formula is C25H21N5O. The first-order valence-corrected chi connectivity index (χ1v) is 10.1. The van der Waals surface area contributed by atoms with Crippen LogP contribution in [-0.2, 0) is 13.0 Å². The second-order valence-corrected chi connectivity index (χ2v) is 7.50. The van der Waals surface area contributed by atoms with Crippen molar-refractivity contribution < 1.29 is 4.74 Å². The van der Waals surface area contributed by atoms with E-state index in [0.29, 0.717) is 12.4 Å². The molecule has 2 aromatic heterocycles. The van der Waals surface area contributed by atoms with Crippen molar-refractivity contribution in [3.05, 3.63) is 101 Å². The largest absolute Gasteiger partial charge is 0.487 e. The summed E-state index contributed by atoms with van der Waals surface area (Å²) >= 11 is 0. The van der Waals surface area contributed by atoms with Crippen LogP contribution in [0.15, 0.2) is 78.9 Å². The molecule has 5 rings (SSSR count). The van der Waals surface area contributed by atoms with Gasteiger partial charge in [-0.2, -0.15) is 5.21 Å². The molecule has 0 aliphatic heterocycles. The third-order valence-electron chi connectivity index (χ3n) is 5.21. The number of fused-ring (bicyclic) bond motifs is 1. The molecule has 0 amide bonds. The highest BCUT2D eigenvalue weighted by molar-refractivity contribution is 5.78. The van der Waals surface area contributed by atoms with Gasteiger partial charge in [0.15, 0.2) is 0 Å². The van der Waals surface area contributed by atoms with E-state index in [-0.39, 0.29) is 0 Å². The Kier molecular flexibility index (Phi) is 5.10. The van der Waals surface area contributed by atoms with Crippen molar-refractivity contribution in [3.63, 3.8) is 0 Å². The topological polar surface area (TPSA) is 76.6 Å². The Morgan fingerprint density at radius 1 is 0.871 bits per heavy atom. The maximum atomic E-state index is 6.06. The molecule has 6 nitrogen and oxygen atoms in total. The monoisotopic (exact) mass is 407 g/mol. The lowest BCUT2D eigenvalue weighted by atomic mass is 10.0. The zero-order chi connectivity index (χ0) is 21.0. The van der Waals surface area contributed by atoms with Crippen LogP contribution in [0.3, 0.4) is 0 Å². The molecule has 0 fully saturated rings. The first-order chi connectivity index (χ1) is 15.2. The summed E-state index contributed by atoms with van der Waals surface area (Å²) in [5, 5.41) is 15.4. The Hall–Kier alpha value is -4.06. The lowest BCUT2D eigenvalue weighted by molar-refractivity contribution is 0.299. The molecule has 0 unspecified atom stereocenters. The van der Waals surface area contributed by atoms with E-state index in [4.69, 9.17) is 4.74 Å². The lowest BCUT2D eigenvalue weighted by Gasteiger charge is -2.11. The van der Waals surface area contributed by atoms with E-state index >= 15 is 0 Å². The molecule has 0 radical (unpaired) electrons. The van der Waals surface area contributed by atoms with E-state index in [0.717, 1.165) is 39.9 Å². The number of hydrogen-bond acceptors (Lipinski definition) is 5. The second-order valence-electron chi connectivity index (χ2n) is 7.50. The Morgan fingerprint density at radius 2 is 1.77 bits per heavy atom. The Morgan fingerprint density at radius 3 is 2.65 bits per heavy atom. The van der Waals surface area contributed by atoms with Gasteiger partial charge in [-0.05, 0) is 59.5 Å². The van der Waals surface area contributed by atoms with Gasteiger partial charge in [0.2, 0.25) is 5.82 Å². The van der Waals surface area contributed by atoms with Gasteiger partial charge in [0.25, 0.3) is 0 Å². The number of hydrogen-bond donors (Lipinski definition) is 1. The van der Waals surface area contributed by atoms with Crippen molar-refractivity contribution in [1.29, 1.82) is 0 Å². The molecule has 0 saturated carbocycles. The van der Waals surface area contributed by atoms with E-state index in [9.17, 15) is 0 Å². The summed E-state index contributed by atoms with van der Waals surface area (Å²) in [6.45, 7) is 2.51. The summed E-state index contributed by atoms with van der Waals surface area (Å²) in [5.41, 5.74) is 6.37. The van der Waals surface area contributed by atoms with Crippen molar-refractivity contribution in [3.8, 4) is 17.1 Å². The minimum absolute atomic E-state index is 0.442. The summed E-state index contributed by atoms with van der Waals surface area (Å²) in [6.07, 6.45) is 0.818. The average Bonchev–Trinajstić information content (AvgIpc) is 3.34. The lowest BCUT2D eigenvalue weighted by Crippen LogP contribution is -2.00. The Labute approximate surface area is 179 Å². The quantitative estimate of drug-likeness (QED) is 0.434.